The van der Waals surface area contributed by atoms with Gasteiger partial charge in [-0.25, -0.2) is 4.68 Å². The Morgan fingerprint density at radius 1 is 1.29 bits per heavy atom. The molecule has 1 atom stereocenters. The Balaban J connectivity index is 0.00000288. The largest absolute Gasteiger partial charge is 0.342 e. The summed E-state index contributed by atoms with van der Waals surface area (Å²) in [6.45, 7) is 6.76. The van der Waals surface area contributed by atoms with Crippen LogP contribution in [-0.4, -0.2) is 40.2 Å². The van der Waals surface area contributed by atoms with E-state index in [0.29, 0.717) is 18.0 Å². The predicted molar refractivity (Wildman–Crippen MR) is 99.9 cm³/mol. The van der Waals surface area contributed by atoms with Gasteiger partial charge in [-0.15, -0.1) is 12.4 Å². The van der Waals surface area contributed by atoms with Crippen molar-refractivity contribution < 1.29 is 4.79 Å². The molecule has 1 heterocycles. The van der Waals surface area contributed by atoms with Gasteiger partial charge in [0.15, 0.2) is 0 Å². The maximum atomic E-state index is 12.6. The van der Waals surface area contributed by atoms with E-state index in [1.165, 1.54) is 0 Å². The Morgan fingerprint density at radius 3 is 2.50 bits per heavy atom. The van der Waals surface area contributed by atoms with Gasteiger partial charge in [-0.2, -0.15) is 5.10 Å². The lowest BCUT2D eigenvalue weighted by molar-refractivity contribution is 0.0788. The molecule has 1 aromatic heterocycles. The quantitative estimate of drug-likeness (QED) is 0.870. The molecule has 2 rings (SSSR count). The summed E-state index contributed by atoms with van der Waals surface area (Å²) in [5, 5.41) is 4.36. The molecule has 24 heavy (non-hydrogen) atoms. The summed E-state index contributed by atoms with van der Waals surface area (Å²) in [6, 6.07) is 9.92. The third-order valence-electron chi connectivity index (χ3n) is 4.24. The molecular formula is C18H27ClN4O. The van der Waals surface area contributed by atoms with Gasteiger partial charge >= 0.3 is 0 Å². The highest BCUT2D eigenvalue weighted by atomic mass is 35.5. The molecule has 2 aromatic rings. The second-order valence-electron chi connectivity index (χ2n) is 6.31. The number of hydrogen-bond donors (Lipinski definition) is 1. The van der Waals surface area contributed by atoms with E-state index in [2.05, 4.69) is 18.9 Å². The molecule has 0 spiro atoms. The van der Waals surface area contributed by atoms with Crippen LogP contribution in [0, 0.1) is 12.8 Å². The van der Waals surface area contributed by atoms with Crippen molar-refractivity contribution in [2.75, 3.05) is 13.6 Å². The minimum Gasteiger partial charge on any atom is -0.342 e. The molecule has 1 amide bonds. The third-order valence-corrected chi connectivity index (χ3v) is 4.24. The molecule has 1 unspecified atom stereocenters. The van der Waals surface area contributed by atoms with Crippen molar-refractivity contribution in [1.82, 2.24) is 14.7 Å². The van der Waals surface area contributed by atoms with Crippen LogP contribution in [0.4, 0.5) is 0 Å². The molecule has 0 aliphatic rings. The van der Waals surface area contributed by atoms with Crippen LogP contribution in [-0.2, 0) is 0 Å². The van der Waals surface area contributed by atoms with E-state index < -0.39 is 0 Å². The van der Waals surface area contributed by atoms with E-state index in [0.717, 1.165) is 17.8 Å². The highest BCUT2D eigenvalue weighted by Gasteiger charge is 2.19. The first kappa shape index (κ1) is 20.2. The zero-order valence-electron chi connectivity index (χ0n) is 14.8. The van der Waals surface area contributed by atoms with Gasteiger partial charge in [-0.1, -0.05) is 32.0 Å². The van der Waals surface area contributed by atoms with Crippen LogP contribution in [0.2, 0.25) is 0 Å². The molecule has 1 aromatic carbocycles. The lowest BCUT2D eigenvalue weighted by atomic mass is 10.0. The summed E-state index contributed by atoms with van der Waals surface area (Å²) < 4.78 is 1.79. The van der Waals surface area contributed by atoms with Crippen LogP contribution in [0.1, 0.15) is 36.3 Å². The Bertz CT molecular complexity index is 654. The molecule has 0 saturated carbocycles. The zero-order chi connectivity index (χ0) is 17.0. The topological polar surface area (TPSA) is 64.2 Å². The number of amides is 1. The zero-order valence-corrected chi connectivity index (χ0v) is 15.6. The van der Waals surface area contributed by atoms with E-state index in [4.69, 9.17) is 5.73 Å². The van der Waals surface area contributed by atoms with Gasteiger partial charge in [0.05, 0.1) is 23.1 Å². The van der Waals surface area contributed by atoms with Crippen molar-refractivity contribution in [2.24, 2.45) is 11.7 Å². The van der Waals surface area contributed by atoms with Crippen molar-refractivity contribution in [2.45, 2.75) is 33.2 Å². The minimum absolute atomic E-state index is 0. The number of nitrogens with zero attached hydrogens (tertiary/aromatic N) is 3. The Labute approximate surface area is 150 Å². The van der Waals surface area contributed by atoms with Crippen molar-refractivity contribution in [3.8, 4) is 5.69 Å². The fraction of sp³-hybridized carbons (Fsp3) is 0.444. The van der Waals surface area contributed by atoms with E-state index in [1.54, 1.807) is 15.8 Å². The predicted octanol–water partition coefficient (Wildman–Crippen LogP) is 3.05. The number of carbonyl (C=O) groups excluding carboxylic acids is 1. The van der Waals surface area contributed by atoms with Gasteiger partial charge in [0.1, 0.15) is 0 Å². The highest BCUT2D eigenvalue weighted by molar-refractivity contribution is 5.95. The molecule has 2 N–H and O–H groups in total. The number of benzene rings is 1. The van der Waals surface area contributed by atoms with Gasteiger partial charge in [-0.3, -0.25) is 4.79 Å². The van der Waals surface area contributed by atoms with E-state index >= 15 is 0 Å². The summed E-state index contributed by atoms with van der Waals surface area (Å²) >= 11 is 0. The van der Waals surface area contributed by atoms with Crippen LogP contribution >= 0.6 is 12.4 Å². The lowest BCUT2D eigenvalue weighted by Gasteiger charge is -2.21. The fourth-order valence-electron chi connectivity index (χ4n) is 2.43. The van der Waals surface area contributed by atoms with Gasteiger partial charge in [0.2, 0.25) is 0 Å². The normalized spacial score (nSPS) is 11.9. The summed E-state index contributed by atoms with van der Waals surface area (Å²) in [5.74, 6) is 0.404. The molecule has 0 aliphatic heterocycles. The SMILES string of the molecule is Cc1c(C(=O)N(C)CCC(N)C(C)C)cnn1-c1ccccc1.Cl. The first-order valence-corrected chi connectivity index (χ1v) is 8.03. The molecule has 0 bridgehead atoms. The van der Waals surface area contributed by atoms with Crippen molar-refractivity contribution in [3.63, 3.8) is 0 Å². The minimum atomic E-state index is -0.0133. The molecular weight excluding hydrogens is 324 g/mol. The summed E-state index contributed by atoms with van der Waals surface area (Å²) in [4.78, 5) is 14.3. The molecule has 0 fully saturated rings. The number of aromatic nitrogens is 2. The molecule has 0 saturated heterocycles. The number of rotatable bonds is 6. The molecule has 0 aliphatic carbocycles. The Hall–Kier alpha value is -1.85. The monoisotopic (exact) mass is 350 g/mol. The van der Waals surface area contributed by atoms with Gasteiger partial charge in [0, 0.05) is 19.6 Å². The number of carbonyl (C=O) groups is 1. The van der Waals surface area contributed by atoms with Gasteiger partial charge in [0.25, 0.3) is 5.91 Å². The van der Waals surface area contributed by atoms with Gasteiger partial charge in [-0.05, 0) is 31.4 Å². The second-order valence-corrected chi connectivity index (χ2v) is 6.31. The van der Waals surface area contributed by atoms with Crippen LogP contribution in [0.15, 0.2) is 36.5 Å². The van der Waals surface area contributed by atoms with Crippen LogP contribution in [0.25, 0.3) is 5.69 Å². The van der Waals surface area contributed by atoms with Gasteiger partial charge < -0.3 is 10.6 Å². The number of para-hydroxylation sites is 1. The van der Waals surface area contributed by atoms with Crippen molar-refractivity contribution in [3.05, 3.63) is 47.8 Å². The summed E-state index contributed by atoms with van der Waals surface area (Å²) in [5.41, 5.74) is 8.49. The Morgan fingerprint density at radius 2 is 1.92 bits per heavy atom. The standard InChI is InChI=1S/C18H26N4O.ClH/c1-13(2)17(19)10-11-21(4)18(23)16-12-20-22(14(16)3)15-8-6-5-7-9-15;/h5-9,12-13,17H,10-11,19H2,1-4H3;1H. The maximum Gasteiger partial charge on any atom is 0.257 e. The van der Waals surface area contributed by atoms with Crippen molar-refractivity contribution >= 4 is 18.3 Å². The van der Waals surface area contributed by atoms with E-state index in [1.807, 2.05) is 44.3 Å². The first-order valence-electron chi connectivity index (χ1n) is 8.03. The summed E-state index contributed by atoms with van der Waals surface area (Å²) in [6.07, 6.45) is 2.44. The number of hydrogen-bond acceptors (Lipinski definition) is 3. The van der Waals surface area contributed by atoms with E-state index in [9.17, 15) is 4.79 Å². The average molecular weight is 351 g/mol. The Kier molecular flexibility index (Phi) is 7.45. The van der Waals surface area contributed by atoms with E-state index in [-0.39, 0.29) is 24.4 Å². The number of halogens is 1. The second kappa shape index (κ2) is 8.85. The molecule has 6 heteroatoms. The molecule has 132 valence electrons. The fourth-order valence-corrected chi connectivity index (χ4v) is 2.43. The van der Waals surface area contributed by atoms with Crippen LogP contribution < -0.4 is 5.73 Å². The smallest absolute Gasteiger partial charge is 0.257 e. The lowest BCUT2D eigenvalue weighted by Crippen LogP contribution is -2.34. The van der Waals surface area contributed by atoms with Crippen molar-refractivity contribution in [1.29, 1.82) is 0 Å². The first-order chi connectivity index (χ1) is 10.9. The maximum absolute atomic E-state index is 12.6. The van der Waals surface area contributed by atoms with Crippen LogP contribution in [0.5, 0.6) is 0 Å². The average Bonchev–Trinajstić information content (AvgIpc) is 2.93. The third kappa shape index (κ3) is 4.58. The highest BCUT2D eigenvalue weighted by Crippen LogP contribution is 2.15. The molecule has 0 radical (unpaired) electrons. The molecule has 5 nitrogen and oxygen atoms in total. The van der Waals surface area contributed by atoms with Crippen LogP contribution in [0.3, 0.4) is 0 Å². The number of nitrogens with two attached hydrogens (primary N) is 1. The summed E-state index contributed by atoms with van der Waals surface area (Å²) in [7, 11) is 1.81.